The number of primary amides is 4. The van der Waals surface area contributed by atoms with Crippen molar-refractivity contribution in [3.63, 3.8) is 0 Å². The van der Waals surface area contributed by atoms with E-state index in [0.717, 1.165) is 103 Å². The zero-order valence-corrected chi connectivity index (χ0v) is 62.3. The van der Waals surface area contributed by atoms with E-state index in [1.165, 1.54) is 212 Å². The Balaban J connectivity index is 0.000000104. The number of hydrogen-bond acceptors (Lipinski definition) is 8. The van der Waals surface area contributed by atoms with Crippen molar-refractivity contribution in [2.75, 3.05) is 26.2 Å². The van der Waals surface area contributed by atoms with Crippen LogP contribution in [0, 0.1) is 59.2 Å². The molecule has 18 atom stereocenters. The second-order valence-corrected chi connectivity index (χ2v) is 36.7. The van der Waals surface area contributed by atoms with E-state index in [1.807, 2.05) is 24.3 Å². The number of amides is 4. The van der Waals surface area contributed by atoms with E-state index in [9.17, 15) is 19.2 Å². The lowest BCUT2D eigenvalue weighted by atomic mass is 9.49. The molecule has 8 bridgehead atoms. The summed E-state index contributed by atoms with van der Waals surface area (Å²) in [6.07, 6.45) is 34.3. The number of nitrogens with two attached hydrogens (primary N) is 4. The third-order valence-electron chi connectivity index (χ3n) is 32.0. The highest BCUT2D eigenvalue weighted by molar-refractivity contribution is 5.95. The van der Waals surface area contributed by atoms with Gasteiger partial charge in [0, 0.05) is 86.8 Å². The highest BCUT2D eigenvalue weighted by atomic mass is 16.2. The number of rotatable bonds is 12. The minimum atomic E-state index is -0.314. The lowest BCUT2D eigenvalue weighted by molar-refractivity contribution is -0.0579. The lowest BCUT2D eigenvalue weighted by Gasteiger charge is -2.62. The maximum Gasteiger partial charge on any atom is 0.248 e. The van der Waals surface area contributed by atoms with Gasteiger partial charge in [-0.2, -0.15) is 0 Å². The van der Waals surface area contributed by atoms with Crippen LogP contribution >= 0.6 is 0 Å². The molecule has 4 heterocycles. The van der Waals surface area contributed by atoms with Crippen LogP contribution in [0.2, 0.25) is 0 Å². The number of nitrogens with zero attached hydrogens (tertiary/aromatic N) is 4. The van der Waals surface area contributed by atoms with Crippen LogP contribution in [-0.2, 0) is 47.3 Å². The van der Waals surface area contributed by atoms with Crippen molar-refractivity contribution >= 4 is 23.6 Å². The minimum Gasteiger partial charge on any atom is -0.366 e. The average molecular weight is 1360 g/mol. The molecule has 12 nitrogen and oxygen atoms in total. The highest BCUT2D eigenvalue weighted by Gasteiger charge is 2.60. The number of piperidine rings is 4. The van der Waals surface area contributed by atoms with Crippen LogP contribution in [-0.4, -0.2) is 118 Å². The predicted octanol–water partition coefficient (Wildman–Crippen LogP) is 14.5. The molecular weight excluding hydrogens is 1230 g/mol. The van der Waals surface area contributed by atoms with Crippen LogP contribution in [0.15, 0.2) is 72.8 Å². The fourth-order valence-corrected chi connectivity index (χ4v) is 25.2. The van der Waals surface area contributed by atoms with Crippen molar-refractivity contribution in [3.05, 3.63) is 140 Å². The number of carbonyl (C=O) groups excluding carboxylic acids is 4. The summed E-state index contributed by atoms with van der Waals surface area (Å²) in [5, 5.41) is 0. The van der Waals surface area contributed by atoms with Gasteiger partial charge in [0.15, 0.2) is 0 Å². The largest absolute Gasteiger partial charge is 0.366 e. The summed E-state index contributed by atoms with van der Waals surface area (Å²) in [6, 6.07) is 30.8. The molecule has 8 N–H and O–H groups in total. The molecule has 7 saturated carbocycles. The zero-order chi connectivity index (χ0) is 69.6. The van der Waals surface area contributed by atoms with Crippen LogP contribution in [0.25, 0.3) is 0 Å². The third kappa shape index (κ3) is 11.9. The number of carbonyl (C=O) groups is 4. The molecule has 12 heteroatoms. The van der Waals surface area contributed by atoms with E-state index < -0.39 is 0 Å². The summed E-state index contributed by atoms with van der Waals surface area (Å²) >= 11 is 0. The molecule has 538 valence electrons. The fourth-order valence-electron chi connectivity index (χ4n) is 25.2. The molecular formula is C88H122N8O4. The molecule has 4 amide bonds. The Labute approximate surface area is 599 Å². The van der Waals surface area contributed by atoms with E-state index in [4.69, 9.17) is 22.9 Å². The first-order chi connectivity index (χ1) is 48.0. The molecule has 11 aliphatic carbocycles. The van der Waals surface area contributed by atoms with Crippen molar-refractivity contribution in [2.45, 2.75) is 292 Å². The summed E-state index contributed by atoms with van der Waals surface area (Å²) in [5.74, 6) is 6.99. The van der Waals surface area contributed by atoms with Gasteiger partial charge in [-0.25, -0.2) is 0 Å². The lowest BCUT2D eigenvalue weighted by Crippen LogP contribution is -2.64. The first kappa shape index (κ1) is 69.0. The van der Waals surface area contributed by atoms with Gasteiger partial charge in [-0.1, -0.05) is 77.6 Å². The Morgan fingerprint density at radius 1 is 0.380 bits per heavy atom. The summed E-state index contributed by atoms with van der Waals surface area (Å²) in [6.45, 7) is 24.4. The van der Waals surface area contributed by atoms with Crippen LogP contribution in [0.3, 0.4) is 0 Å². The average Bonchev–Trinajstić information content (AvgIpc) is 1.25. The Hall–Kier alpha value is -5.40. The number of fused-ring (bicyclic) bond motifs is 7. The highest BCUT2D eigenvalue weighted by Crippen LogP contribution is 2.62. The topological polar surface area (TPSA) is 185 Å². The molecule has 11 fully saturated rings. The molecule has 4 aromatic carbocycles. The van der Waals surface area contributed by atoms with Crippen molar-refractivity contribution in [2.24, 2.45) is 82.1 Å². The van der Waals surface area contributed by atoms with Gasteiger partial charge in [0.25, 0.3) is 0 Å². The van der Waals surface area contributed by atoms with Gasteiger partial charge in [0.05, 0.1) is 0 Å². The molecule has 4 aliphatic heterocycles. The number of likely N-dealkylation sites (tertiary alicyclic amines) is 4. The first-order valence-corrected chi connectivity index (χ1v) is 40.8. The quantitative estimate of drug-likeness (QED) is 0.108. The zero-order valence-electron chi connectivity index (χ0n) is 62.3. The SMILES string of the molecule is C[C@@H](C1CC1)N1CC[C@]23CCCCC2[C@H]1Cc1ccc(C(N)=O)cc13.C[C@@H]1C[C@]23CCN([C@@H](C)C4CC4)[C@H](Cc4ccc(C(N)=O)cc42)C3C[C@@H]1C.C[C@H](C1CC1)N1CC[C@@]2(C)c3cc(C(N)=O)ccc3C[C@@H]1[C@@H]2C.C[C@H](C1CC1)N1CC[C@]23CCCCC2[C@H]1Cc1ccc(C(N)=O)cc13. The van der Waals surface area contributed by atoms with Gasteiger partial charge >= 0.3 is 0 Å². The minimum absolute atomic E-state index is 0.170. The molecule has 0 radical (unpaired) electrons. The van der Waals surface area contributed by atoms with Crippen LogP contribution in [0.1, 0.15) is 283 Å². The fraction of sp³-hybridized carbons (Fsp3) is 0.682. The first-order valence-electron chi connectivity index (χ1n) is 40.8. The second kappa shape index (κ2) is 26.3. The van der Waals surface area contributed by atoms with E-state index in [1.54, 1.807) is 0 Å². The van der Waals surface area contributed by atoms with Crippen LogP contribution < -0.4 is 22.9 Å². The molecule has 4 aromatic rings. The Morgan fingerprint density at radius 3 is 1.08 bits per heavy atom. The summed E-state index contributed by atoms with van der Waals surface area (Å²) < 4.78 is 0. The van der Waals surface area contributed by atoms with Gasteiger partial charge in [-0.3, -0.25) is 38.8 Å². The van der Waals surface area contributed by atoms with Crippen molar-refractivity contribution < 1.29 is 19.2 Å². The molecule has 19 rings (SSSR count). The Bertz CT molecular complexity index is 3690. The molecule has 15 aliphatic rings. The molecule has 100 heavy (non-hydrogen) atoms. The number of hydrogen-bond donors (Lipinski definition) is 4. The van der Waals surface area contributed by atoms with Crippen molar-refractivity contribution in [3.8, 4) is 0 Å². The smallest absolute Gasteiger partial charge is 0.248 e. The molecule has 4 saturated heterocycles. The van der Waals surface area contributed by atoms with Crippen molar-refractivity contribution in [1.29, 1.82) is 0 Å². The summed E-state index contributed by atoms with van der Waals surface area (Å²) in [5.41, 5.74) is 37.8. The van der Waals surface area contributed by atoms with Gasteiger partial charge in [-0.15, -0.1) is 0 Å². The van der Waals surface area contributed by atoms with E-state index in [0.29, 0.717) is 63.2 Å². The second-order valence-electron chi connectivity index (χ2n) is 36.7. The summed E-state index contributed by atoms with van der Waals surface area (Å²) in [4.78, 5) is 58.4. The van der Waals surface area contributed by atoms with Crippen LogP contribution in [0.4, 0.5) is 0 Å². The van der Waals surface area contributed by atoms with E-state index >= 15 is 0 Å². The van der Waals surface area contributed by atoms with Crippen LogP contribution in [0.5, 0.6) is 0 Å². The summed E-state index contributed by atoms with van der Waals surface area (Å²) in [7, 11) is 0. The van der Waals surface area contributed by atoms with Gasteiger partial charge in [0.2, 0.25) is 23.6 Å². The standard InChI is InChI=1S/C24H34N2O.2C22H30N2O.C20H28N2O/c1-14-10-21-22-12-18-6-7-19(23(25)27)11-20(18)24(21,13-15(14)2)8-9-26(22)16(3)17-4-5-17;2*1-14(15-5-6-15)24-11-10-22-9-3-2-4-18(22)20(24)13-16-7-8-17(21(23)25)12-19(16)22;1-12-18-11-15-6-7-16(19(21)23)10-17(15)20(12,3)8-9-22(18)13(2)14-4-5-14/h6-7,11,14-17,21-22H,4-5,8-10,12-13H2,1-3H3,(H2,25,27);2*7-8,12,14-15,18,20H,2-6,9-11,13H2,1H3,(H2,23,25);6-7,10,12-14,18H,4-5,8-9,11H2,1-3H3,(H2,21,23)/t14-,15+,16-,21?,22+,24+;14-,18?,20+,22+;14-,18?,20-,22-;12-,13+,18+,20+/m0010/s1. The van der Waals surface area contributed by atoms with E-state index in [-0.39, 0.29) is 34.5 Å². The molecule has 3 unspecified atom stereocenters. The Kier molecular flexibility index (Phi) is 18.2. The van der Waals surface area contributed by atoms with Gasteiger partial charge < -0.3 is 22.9 Å². The Morgan fingerprint density at radius 2 is 0.700 bits per heavy atom. The normalized spacial score (nSPS) is 36.4. The predicted molar refractivity (Wildman–Crippen MR) is 400 cm³/mol. The maximum atomic E-state index is 11.9. The van der Waals surface area contributed by atoms with Crippen molar-refractivity contribution in [1.82, 2.24) is 19.6 Å². The third-order valence-corrected chi connectivity index (χ3v) is 32.0. The molecule has 0 spiro atoms. The van der Waals surface area contributed by atoms with Gasteiger partial charge in [0.1, 0.15) is 0 Å². The van der Waals surface area contributed by atoms with Gasteiger partial charge in [-0.05, 0) is 353 Å². The monoisotopic (exact) mass is 1350 g/mol. The molecule has 0 aromatic heterocycles. The maximum absolute atomic E-state index is 11.9. The number of benzene rings is 4. The van der Waals surface area contributed by atoms with E-state index in [2.05, 4.69) is 124 Å².